The molecule has 2 atom stereocenters. The molecule has 2 rings (SSSR count). The van der Waals surface area contributed by atoms with Crippen LogP contribution in [0.5, 0.6) is 0 Å². The summed E-state index contributed by atoms with van der Waals surface area (Å²) in [5.41, 5.74) is 0.713. The van der Waals surface area contributed by atoms with E-state index in [0.29, 0.717) is 6.42 Å². The lowest BCUT2D eigenvalue weighted by molar-refractivity contribution is -0.140. The van der Waals surface area contributed by atoms with Crippen molar-refractivity contribution in [2.75, 3.05) is 14.2 Å². The number of methoxy groups -OCH3 is 2. The van der Waals surface area contributed by atoms with E-state index in [4.69, 9.17) is 9.47 Å². The fourth-order valence-corrected chi connectivity index (χ4v) is 3.70. The van der Waals surface area contributed by atoms with Crippen molar-refractivity contribution in [1.29, 1.82) is 0 Å². The molecule has 0 fully saturated rings. The molecule has 0 aromatic rings. The van der Waals surface area contributed by atoms with Crippen molar-refractivity contribution in [2.45, 2.75) is 27.2 Å². The van der Waals surface area contributed by atoms with Crippen LogP contribution in [0.3, 0.4) is 0 Å². The summed E-state index contributed by atoms with van der Waals surface area (Å²) in [6, 6.07) is 0. The Hall–Kier alpha value is -2.37. The largest absolute Gasteiger partial charge is 0.511 e. The lowest BCUT2D eigenvalue weighted by Crippen LogP contribution is -2.31. The molecule has 0 aliphatic heterocycles. The number of aliphatic hydroxyl groups excluding tert-OH is 1. The quantitative estimate of drug-likeness (QED) is 0.369. The molecule has 0 saturated carbocycles. The van der Waals surface area contributed by atoms with Gasteiger partial charge in [-0.2, -0.15) is 0 Å². The third-order valence-electron chi connectivity index (χ3n) is 4.88. The van der Waals surface area contributed by atoms with Gasteiger partial charge in [0.05, 0.1) is 30.8 Å². The Balaban J connectivity index is 2.79. The van der Waals surface area contributed by atoms with Crippen molar-refractivity contribution in [3.8, 4) is 0 Å². The molecule has 6 heteroatoms. The zero-order chi connectivity index (χ0) is 17.5. The standard InChI is InChI=1S/C17H20O6/c1-8(18)6-12(19)17-7-11(9(2)10(17)3)13(15(20)22-4)14(17)16(21)23-5/h6,11,19H,7H2,1-5H3/b12-6-. The van der Waals surface area contributed by atoms with Crippen LogP contribution in [-0.2, 0) is 23.9 Å². The Labute approximate surface area is 134 Å². The molecule has 0 radical (unpaired) electrons. The molecule has 0 heterocycles. The van der Waals surface area contributed by atoms with Crippen molar-refractivity contribution in [2.24, 2.45) is 11.3 Å². The van der Waals surface area contributed by atoms with Crippen LogP contribution in [0.25, 0.3) is 0 Å². The molecule has 124 valence electrons. The van der Waals surface area contributed by atoms with E-state index in [-0.39, 0.29) is 28.6 Å². The number of allylic oxidation sites excluding steroid dienone is 3. The van der Waals surface area contributed by atoms with Crippen LogP contribution >= 0.6 is 0 Å². The topological polar surface area (TPSA) is 89.9 Å². The maximum atomic E-state index is 12.3. The first-order valence-electron chi connectivity index (χ1n) is 7.23. The van der Waals surface area contributed by atoms with E-state index in [9.17, 15) is 19.5 Å². The van der Waals surface area contributed by atoms with Gasteiger partial charge in [-0.25, -0.2) is 9.59 Å². The number of hydrogen-bond donors (Lipinski definition) is 1. The van der Waals surface area contributed by atoms with Crippen LogP contribution in [0.1, 0.15) is 27.2 Å². The maximum absolute atomic E-state index is 12.3. The van der Waals surface area contributed by atoms with Gasteiger partial charge in [-0.1, -0.05) is 11.1 Å². The van der Waals surface area contributed by atoms with Crippen LogP contribution in [-0.4, -0.2) is 37.0 Å². The summed E-state index contributed by atoms with van der Waals surface area (Å²) >= 11 is 0. The lowest BCUT2D eigenvalue weighted by Gasteiger charge is -2.31. The zero-order valence-electron chi connectivity index (χ0n) is 13.9. The van der Waals surface area contributed by atoms with Gasteiger partial charge in [-0.15, -0.1) is 0 Å². The number of ketones is 1. The summed E-state index contributed by atoms with van der Waals surface area (Å²) in [5.74, 6) is -2.26. The van der Waals surface area contributed by atoms with Crippen molar-refractivity contribution >= 4 is 17.7 Å². The zero-order valence-corrected chi connectivity index (χ0v) is 13.9. The predicted octanol–water partition coefficient (Wildman–Crippen LogP) is 2.02. The third-order valence-corrected chi connectivity index (χ3v) is 4.88. The van der Waals surface area contributed by atoms with E-state index >= 15 is 0 Å². The first-order valence-corrected chi connectivity index (χ1v) is 7.23. The number of carbonyl (C=O) groups is 3. The molecular weight excluding hydrogens is 300 g/mol. The predicted molar refractivity (Wildman–Crippen MR) is 81.4 cm³/mol. The van der Waals surface area contributed by atoms with E-state index < -0.39 is 17.4 Å². The highest BCUT2D eigenvalue weighted by molar-refractivity contribution is 6.05. The molecule has 6 nitrogen and oxygen atoms in total. The van der Waals surface area contributed by atoms with Crippen molar-refractivity contribution in [3.63, 3.8) is 0 Å². The number of ether oxygens (including phenoxy) is 2. The number of esters is 2. The minimum absolute atomic E-state index is 0.0648. The van der Waals surface area contributed by atoms with E-state index in [0.717, 1.165) is 17.2 Å². The molecular formula is C17H20O6. The number of carbonyl (C=O) groups excluding carboxylic acids is 3. The van der Waals surface area contributed by atoms with Crippen molar-refractivity contribution < 1.29 is 29.0 Å². The number of aliphatic hydroxyl groups is 1. The van der Waals surface area contributed by atoms with Gasteiger partial charge in [-0.3, -0.25) is 4.79 Å². The number of rotatable bonds is 4. The molecule has 0 saturated heterocycles. The second-order valence-corrected chi connectivity index (χ2v) is 5.88. The van der Waals surface area contributed by atoms with Crippen LogP contribution in [0, 0.1) is 11.3 Å². The van der Waals surface area contributed by atoms with Gasteiger partial charge in [0.2, 0.25) is 0 Å². The fraction of sp³-hybridized carbons (Fsp3) is 0.471. The summed E-state index contributed by atoms with van der Waals surface area (Å²) < 4.78 is 9.63. The Kier molecular flexibility index (Phi) is 4.20. The van der Waals surface area contributed by atoms with E-state index in [2.05, 4.69) is 0 Å². The average molecular weight is 320 g/mol. The highest BCUT2D eigenvalue weighted by Gasteiger charge is 2.60. The molecule has 2 unspecified atom stereocenters. The van der Waals surface area contributed by atoms with Gasteiger partial charge in [0.1, 0.15) is 5.76 Å². The van der Waals surface area contributed by atoms with Crippen molar-refractivity contribution in [3.05, 3.63) is 34.1 Å². The SMILES string of the molecule is COC(=O)C1=C(C(=O)OC)C2(/C(O)=C/C(C)=O)CC1C(C)=C2C. The molecule has 2 aliphatic carbocycles. The highest BCUT2D eigenvalue weighted by atomic mass is 16.5. The normalized spacial score (nSPS) is 26.7. The van der Waals surface area contributed by atoms with Crippen molar-refractivity contribution in [1.82, 2.24) is 0 Å². The summed E-state index contributed by atoms with van der Waals surface area (Å²) in [6.45, 7) is 4.94. The second-order valence-electron chi connectivity index (χ2n) is 5.88. The molecule has 2 aliphatic rings. The van der Waals surface area contributed by atoms with Crippen LogP contribution in [0.2, 0.25) is 0 Å². The minimum Gasteiger partial charge on any atom is -0.511 e. The molecule has 1 N–H and O–H groups in total. The first kappa shape index (κ1) is 17.0. The lowest BCUT2D eigenvalue weighted by atomic mass is 9.73. The molecule has 0 aromatic heterocycles. The summed E-state index contributed by atoms with van der Waals surface area (Å²) in [5, 5.41) is 10.6. The van der Waals surface area contributed by atoms with Gasteiger partial charge >= 0.3 is 11.9 Å². The maximum Gasteiger partial charge on any atom is 0.335 e. The summed E-state index contributed by atoms with van der Waals surface area (Å²) in [4.78, 5) is 36.0. The Morgan fingerprint density at radius 3 is 2.22 bits per heavy atom. The van der Waals surface area contributed by atoms with Gasteiger partial charge < -0.3 is 14.6 Å². The molecule has 23 heavy (non-hydrogen) atoms. The molecule has 0 amide bonds. The average Bonchev–Trinajstić information content (AvgIpc) is 2.99. The monoisotopic (exact) mass is 320 g/mol. The Morgan fingerprint density at radius 2 is 1.74 bits per heavy atom. The third kappa shape index (κ3) is 2.20. The van der Waals surface area contributed by atoms with E-state index in [1.807, 2.05) is 6.92 Å². The van der Waals surface area contributed by atoms with Gasteiger partial charge in [-0.05, 0) is 27.2 Å². The molecule has 0 aromatic carbocycles. The molecule has 2 bridgehead atoms. The van der Waals surface area contributed by atoms with Crippen LogP contribution in [0.15, 0.2) is 34.1 Å². The van der Waals surface area contributed by atoms with Crippen LogP contribution < -0.4 is 0 Å². The summed E-state index contributed by atoms with van der Waals surface area (Å²) in [7, 11) is 2.45. The second kappa shape index (κ2) is 5.68. The molecule has 0 spiro atoms. The van der Waals surface area contributed by atoms with E-state index in [1.165, 1.54) is 21.1 Å². The summed E-state index contributed by atoms with van der Waals surface area (Å²) in [6.07, 6.45) is 1.40. The van der Waals surface area contributed by atoms with Crippen LogP contribution in [0.4, 0.5) is 0 Å². The highest BCUT2D eigenvalue weighted by Crippen LogP contribution is 2.63. The smallest absolute Gasteiger partial charge is 0.335 e. The van der Waals surface area contributed by atoms with E-state index in [1.54, 1.807) is 6.92 Å². The van der Waals surface area contributed by atoms with Gasteiger partial charge in [0, 0.05) is 12.0 Å². The Bertz CT molecular complexity index is 694. The number of hydrogen-bond acceptors (Lipinski definition) is 6. The fourth-order valence-electron chi connectivity index (χ4n) is 3.70. The van der Waals surface area contributed by atoms with Gasteiger partial charge in [0.15, 0.2) is 5.78 Å². The van der Waals surface area contributed by atoms with Gasteiger partial charge in [0.25, 0.3) is 0 Å². The first-order chi connectivity index (χ1) is 10.7. The minimum atomic E-state index is -1.20. The number of fused-ring (bicyclic) bond motifs is 2. The Morgan fingerprint density at radius 1 is 1.17 bits per heavy atom.